The number of rotatable bonds is 7. The largest absolute Gasteiger partial charge is 0.449 e. The number of alkyl carbamates (subject to hydrolysis) is 1. The van der Waals surface area contributed by atoms with Crippen molar-refractivity contribution in [1.82, 2.24) is 5.32 Å². The van der Waals surface area contributed by atoms with Crippen LogP contribution in [0.1, 0.15) is 77.8 Å². The van der Waals surface area contributed by atoms with Gasteiger partial charge in [0.2, 0.25) is 0 Å². The monoisotopic (exact) mass is 473 g/mol. The normalized spacial score (nSPS) is 23.8. The van der Waals surface area contributed by atoms with Gasteiger partial charge in [-0.05, 0) is 71.6 Å². The van der Waals surface area contributed by atoms with Crippen molar-refractivity contribution in [1.29, 1.82) is 0 Å². The summed E-state index contributed by atoms with van der Waals surface area (Å²) in [5, 5.41) is 3.21. The second-order valence-corrected chi connectivity index (χ2v) is 11.7. The van der Waals surface area contributed by atoms with E-state index >= 15 is 0 Å². The Hall–Kier alpha value is -2.55. The van der Waals surface area contributed by atoms with Crippen molar-refractivity contribution in [2.45, 2.75) is 72.3 Å². The first-order chi connectivity index (χ1) is 16.7. The average molecular weight is 474 g/mol. The summed E-state index contributed by atoms with van der Waals surface area (Å²) in [6.07, 6.45) is 8.16. The molecule has 1 N–H and O–H groups in total. The molecule has 0 aliphatic heterocycles. The molecule has 4 rings (SSSR count). The summed E-state index contributed by atoms with van der Waals surface area (Å²) in [7, 11) is 0. The van der Waals surface area contributed by atoms with Gasteiger partial charge < -0.3 is 10.1 Å². The molecule has 0 saturated heterocycles. The average Bonchev–Trinajstić information content (AvgIpc) is 3.15. The van der Waals surface area contributed by atoms with Crippen molar-refractivity contribution >= 4 is 6.09 Å². The van der Waals surface area contributed by atoms with Gasteiger partial charge in [-0.15, -0.1) is 0 Å². The molecule has 0 bridgehead atoms. The molecule has 2 aromatic carbocycles. The lowest BCUT2D eigenvalue weighted by atomic mass is 9.69. The number of allylic oxidation sites excluding steroid dienone is 1. The van der Waals surface area contributed by atoms with Crippen LogP contribution in [0.2, 0.25) is 0 Å². The maximum Gasteiger partial charge on any atom is 0.407 e. The number of carbonyl (C=O) groups is 1. The molecule has 0 aromatic heterocycles. The Bertz CT molecular complexity index is 1010. The molecule has 3 nitrogen and oxygen atoms in total. The number of benzene rings is 2. The van der Waals surface area contributed by atoms with Crippen LogP contribution in [0.15, 0.2) is 60.7 Å². The minimum Gasteiger partial charge on any atom is -0.449 e. The third-order valence-electron chi connectivity index (χ3n) is 8.68. The van der Waals surface area contributed by atoms with Crippen molar-refractivity contribution in [3.8, 4) is 11.1 Å². The van der Waals surface area contributed by atoms with E-state index in [4.69, 9.17) is 4.74 Å². The molecule has 0 unspecified atom stereocenters. The summed E-state index contributed by atoms with van der Waals surface area (Å²) in [6.45, 7) is 13.8. The van der Waals surface area contributed by atoms with Gasteiger partial charge in [0.05, 0.1) is 5.54 Å². The van der Waals surface area contributed by atoms with Crippen LogP contribution >= 0.6 is 0 Å². The number of nitrogens with one attached hydrogen (secondary N) is 1. The summed E-state index contributed by atoms with van der Waals surface area (Å²) >= 11 is 0. The quantitative estimate of drug-likeness (QED) is 0.412. The zero-order chi connectivity index (χ0) is 25.2. The molecular weight excluding hydrogens is 430 g/mol. The first-order valence-electron chi connectivity index (χ1n) is 13.5. The molecule has 1 amide bonds. The summed E-state index contributed by atoms with van der Waals surface area (Å²) in [5.74, 6) is 3.05. The molecular formula is C32H43NO2. The Balaban J connectivity index is 1.44. The second kappa shape index (κ2) is 10.6. The SMILES string of the molecule is CC(C)[C@@H]1CC[C@@H](C)C[C@H]1/C=C/[C@](C)(NC(=O)OCC1c2ccccc2-c2ccccc21)C(C)C. The van der Waals surface area contributed by atoms with E-state index in [0.717, 1.165) is 5.92 Å². The highest BCUT2D eigenvalue weighted by Gasteiger charge is 2.33. The van der Waals surface area contributed by atoms with Crippen LogP contribution in [0.25, 0.3) is 11.1 Å². The van der Waals surface area contributed by atoms with E-state index in [0.29, 0.717) is 24.4 Å². The Morgan fingerprint density at radius 1 is 1.03 bits per heavy atom. The molecule has 0 radical (unpaired) electrons. The van der Waals surface area contributed by atoms with Gasteiger partial charge >= 0.3 is 6.09 Å². The second-order valence-electron chi connectivity index (χ2n) is 11.7. The number of amides is 1. The van der Waals surface area contributed by atoms with E-state index in [1.807, 2.05) is 0 Å². The highest BCUT2D eigenvalue weighted by atomic mass is 16.5. The van der Waals surface area contributed by atoms with Crippen LogP contribution in [0.5, 0.6) is 0 Å². The highest BCUT2D eigenvalue weighted by molar-refractivity contribution is 5.79. The predicted octanol–water partition coefficient (Wildman–Crippen LogP) is 8.20. The van der Waals surface area contributed by atoms with Crippen molar-refractivity contribution in [3.05, 3.63) is 71.8 Å². The van der Waals surface area contributed by atoms with Gasteiger partial charge in [0.1, 0.15) is 6.61 Å². The Labute approximate surface area is 212 Å². The van der Waals surface area contributed by atoms with Crippen LogP contribution < -0.4 is 5.32 Å². The molecule has 2 aromatic rings. The maximum absolute atomic E-state index is 13.1. The van der Waals surface area contributed by atoms with Gasteiger partial charge in [0.15, 0.2) is 0 Å². The van der Waals surface area contributed by atoms with E-state index in [1.54, 1.807) is 0 Å². The Morgan fingerprint density at radius 2 is 1.63 bits per heavy atom. The molecule has 1 fully saturated rings. The summed E-state index contributed by atoms with van der Waals surface area (Å²) in [6, 6.07) is 16.9. The molecule has 4 atom stereocenters. The lowest BCUT2D eigenvalue weighted by Gasteiger charge is -2.37. The lowest BCUT2D eigenvalue weighted by molar-refractivity contribution is 0.130. The van der Waals surface area contributed by atoms with E-state index in [-0.39, 0.29) is 17.9 Å². The van der Waals surface area contributed by atoms with E-state index in [9.17, 15) is 4.79 Å². The minimum absolute atomic E-state index is 0.0736. The first kappa shape index (κ1) is 25.5. The third-order valence-corrected chi connectivity index (χ3v) is 8.68. The van der Waals surface area contributed by atoms with E-state index in [1.165, 1.54) is 41.5 Å². The fourth-order valence-electron chi connectivity index (χ4n) is 6.05. The highest BCUT2D eigenvalue weighted by Crippen LogP contribution is 2.44. The number of ether oxygens (including phenoxy) is 1. The van der Waals surface area contributed by atoms with Gasteiger partial charge in [-0.25, -0.2) is 4.79 Å². The fraction of sp³-hybridized carbons (Fsp3) is 0.531. The van der Waals surface area contributed by atoms with E-state index < -0.39 is 5.54 Å². The number of carbonyl (C=O) groups excluding carboxylic acids is 1. The lowest BCUT2D eigenvalue weighted by Crippen LogP contribution is -2.49. The van der Waals surface area contributed by atoms with Gasteiger partial charge in [0.25, 0.3) is 0 Å². The van der Waals surface area contributed by atoms with Gasteiger partial charge in [-0.1, -0.05) is 102 Å². The topological polar surface area (TPSA) is 38.3 Å². The molecule has 2 aliphatic carbocycles. The van der Waals surface area contributed by atoms with Crippen molar-refractivity contribution in [3.63, 3.8) is 0 Å². The van der Waals surface area contributed by atoms with Crippen LogP contribution in [0.3, 0.4) is 0 Å². The molecule has 1 saturated carbocycles. The fourth-order valence-corrected chi connectivity index (χ4v) is 6.05. The van der Waals surface area contributed by atoms with Crippen LogP contribution in [0.4, 0.5) is 4.79 Å². The van der Waals surface area contributed by atoms with Crippen molar-refractivity contribution < 1.29 is 9.53 Å². The summed E-state index contributed by atoms with van der Waals surface area (Å²) in [4.78, 5) is 13.1. The molecule has 188 valence electrons. The Kier molecular flexibility index (Phi) is 7.73. The molecule has 35 heavy (non-hydrogen) atoms. The van der Waals surface area contributed by atoms with Crippen LogP contribution in [-0.2, 0) is 4.74 Å². The van der Waals surface area contributed by atoms with Gasteiger partial charge in [-0.3, -0.25) is 0 Å². The van der Waals surface area contributed by atoms with Crippen LogP contribution in [-0.4, -0.2) is 18.2 Å². The molecule has 0 spiro atoms. The van der Waals surface area contributed by atoms with Crippen molar-refractivity contribution in [2.75, 3.05) is 6.61 Å². The molecule has 0 heterocycles. The van der Waals surface area contributed by atoms with Gasteiger partial charge in [0, 0.05) is 5.92 Å². The number of hydrogen-bond donors (Lipinski definition) is 1. The predicted molar refractivity (Wildman–Crippen MR) is 145 cm³/mol. The standard InChI is InChI=1S/C32H43NO2/c1-21(2)25-16-15-23(5)19-24(25)17-18-32(6,22(3)4)33-31(34)35-20-30-28-13-9-7-11-26(28)27-12-8-10-14-29(27)30/h7-14,17-18,21-25,30H,15-16,19-20H2,1-6H3,(H,33,34)/b18-17+/t23-,24-,25+,32+/m1/s1. The maximum atomic E-state index is 13.1. The third kappa shape index (κ3) is 5.50. The minimum atomic E-state index is -0.454. The molecule has 3 heteroatoms. The van der Waals surface area contributed by atoms with Crippen molar-refractivity contribution in [2.24, 2.45) is 29.6 Å². The summed E-state index contributed by atoms with van der Waals surface area (Å²) in [5.41, 5.74) is 4.51. The Morgan fingerprint density at radius 3 is 2.20 bits per heavy atom. The van der Waals surface area contributed by atoms with E-state index in [2.05, 4.69) is 108 Å². The van der Waals surface area contributed by atoms with Gasteiger partial charge in [-0.2, -0.15) is 0 Å². The number of fused-ring (bicyclic) bond motifs is 3. The van der Waals surface area contributed by atoms with Crippen LogP contribution in [0, 0.1) is 29.6 Å². The zero-order valence-electron chi connectivity index (χ0n) is 22.4. The summed E-state index contributed by atoms with van der Waals surface area (Å²) < 4.78 is 5.87. The first-order valence-corrected chi connectivity index (χ1v) is 13.5. The zero-order valence-corrected chi connectivity index (χ0v) is 22.4. The molecule has 2 aliphatic rings. The smallest absolute Gasteiger partial charge is 0.407 e. The number of hydrogen-bond acceptors (Lipinski definition) is 2.